The van der Waals surface area contributed by atoms with Crippen LogP contribution in [0.2, 0.25) is 0 Å². The predicted molar refractivity (Wildman–Crippen MR) is 85.4 cm³/mol. The second-order valence-corrected chi connectivity index (χ2v) is 7.86. The highest BCUT2D eigenvalue weighted by Gasteiger charge is 2.15. The van der Waals surface area contributed by atoms with Crippen molar-refractivity contribution >= 4 is 31.3 Å². The summed E-state index contributed by atoms with van der Waals surface area (Å²) in [4.78, 5) is 0.257. The van der Waals surface area contributed by atoms with E-state index in [1.807, 2.05) is 29.6 Å². The number of rotatable bonds is 3. The zero-order valence-corrected chi connectivity index (χ0v) is 13.0. The zero-order chi connectivity index (χ0) is 15.0. The van der Waals surface area contributed by atoms with Gasteiger partial charge in [-0.05, 0) is 34.5 Å². The fourth-order valence-electron chi connectivity index (χ4n) is 2.31. The Kier molecular flexibility index (Phi) is 3.57. The second kappa shape index (κ2) is 5.26. The number of sulfone groups is 1. The van der Waals surface area contributed by atoms with Crippen molar-refractivity contribution in [3.8, 4) is 0 Å². The lowest BCUT2D eigenvalue weighted by atomic mass is 10.0. The molecule has 1 aromatic heterocycles. The van der Waals surface area contributed by atoms with Gasteiger partial charge in [0.2, 0.25) is 0 Å². The molecule has 1 unspecified atom stereocenters. The van der Waals surface area contributed by atoms with E-state index in [-0.39, 0.29) is 4.90 Å². The van der Waals surface area contributed by atoms with E-state index in [1.165, 1.54) is 18.4 Å². The monoisotopic (exact) mass is 318 g/mol. The normalized spacial score (nSPS) is 13.4. The van der Waals surface area contributed by atoms with Crippen LogP contribution in [-0.4, -0.2) is 19.8 Å². The maximum Gasteiger partial charge on any atom is 0.175 e. The summed E-state index contributed by atoms with van der Waals surface area (Å²) in [6.45, 7) is 0. The Morgan fingerprint density at radius 2 is 1.76 bits per heavy atom. The molecule has 0 aliphatic rings. The van der Waals surface area contributed by atoms with Gasteiger partial charge in [0.15, 0.2) is 9.84 Å². The van der Waals surface area contributed by atoms with Gasteiger partial charge in [0, 0.05) is 16.5 Å². The molecule has 0 spiro atoms. The predicted octanol–water partition coefficient (Wildman–Crippen LogP) is 3.39. The Labute approximate surface area is 127 Å². The van der Waals surface area contributed by atoms with Crippen molar-refractivity contribution in [2.75, 3.05) is 6.26 Å². The lowest BCUT2D eigenvalue weighted by Crippen LogP contribution is -2.01. The molecule has 0 amide bonds. The van der Waals surface area contributed by atoms with Crippen LogP contribution in [0.3, 0.4) is 0 Å². The summed E-state index contributed by atoms with van der Waals surface area (Å²) in [6, 6.07) is 14.2. The molecule has 0 saturated heterocycles. The highest BCUT2D eigenvalue weighted by Crippen LogP contribution is 2.32. The SMILES string of the molecule is CS(=O)(=O)c1ccc(C(O)c2cccc3ccsc23)cc1. The van der Waals surface area contributed by atoms with Gasteiger partial charge in [0.05, 0.1) is 4.90 Å². The third-order valence-electron chi connectivity index (χ3n) is 3.43. The van der Waals surface area contributed by atoms with E-state index in [0.29, 0.717) is 5.56 Å². The minimum absolute atomic E-state index is 0.257. The first kappa shape index (κ1) is 14.3. The van der Waals surface area contributed by atoms with E-state index in [2.05, 4.69) is 0 Å². The van der Waals surface area contributed by atoms with Gasteiger partial charge in [0.25, 0.3) is 0 Å². The van der Waals surface area contributed by atoms with E-state index in [4.69, 9.17) is 0 Å². The van der Waals surface area contributed by atoms with Gasteiger partial charge in [-0.1, -0.05) is 30.3 Å². The Bertz CT molecular complexity index is 877. The summed E-state index contributed by atoms with van der Waals surface area (Å²) in [5.74, 6) is 0. The highest BCUT2D eigenvalue weighted by molar-refractivity contribution is 7.90. The quantitative estimate of drug-likeness (QED) is 0.805. The zero-order valence-electron chi connectivity index (χ0n) is 11.4. The smallest absolute Gasteiger partial charge is 0.175 e. The Balaban J connectivity index is 2.02. The molecule has 1 heterocycles. The first-order valence-electron chi connectivity index (χ1n) is 6.41. The number of thiophene rings is 1. The molecule has 1 atom stereocenters. The van der Waals surface area contributed by atoms with E-state index in [0.717, 1.165) is 15.6 Å². The molecule has 21 heavy (non-hydrogen) atoms. The van der Waals surface area contributed by atoms with E-state index in [9.17, 15) is 13.5 Å². The molecule has 0 fully saturated rings. The Morgan fingerprint density at radius 3 is 2.43 bits per heavy atom. The fraction of sp³-hybridized carbons (Fsp3) is 0.125. The van der Waals surface area contributed by atoms with Crippen LogP contribution in [0.15, 0.2) is 58.8 Å². The van der Waals surface area contributed by atoms with Crippen LogP contribution in [0.1, 0.15) is 17.2 Å². The van der Waals surface area contributed by atoms with Crippen molar-refractivity contribution in [2.24, 2.45) is 0 Å². The van der Waals surface area contributed by atoms with Gasteiger partial charge in [-0.15, -0.1) is 11.3 Å². The third kappa shape index (κ3) is 2.72. The van der Waals surface area contributed by atoms with Crippen LogP contribution >= 0.6 is 11.3 Å². The summed E-state index contributed by atoms with van der Waals surface area (Å²) in [5.41, 5.74) is 1.53. The number of hydrogen-bond donors (Lipinski definition) is 1. The molecule has 0 saturated carbocycles. The van der Waals surface area contributed by atoms with Gasteiger partial charge >= 0.3 is 0 Å². The van der Waals surface area contributed by atoms with Crippen LogP contribution in [0.25, 0.3) is 10.1 Å². The molecule has 3 aromatic rings. The van der Waals surface area contributed by atoms with Crippen LogP contribution < -0.4 is 0 Å². The number of benzene rings is 2. The number of hydrogen-bond acceptors (Lipinski definition) is 4. The molecule has 0 bridgehead atoms. The lowest BCUT2D eigenvalue weighted by Gasteiger charge is -2.13. The standard InChI is InChI=1S/C16H14O3S2/c1-21(18,19)13-7-5-11(6-8-13)15(17)14-4-2-3-12-9-10-20-16(12)14/h2-10,15,17H,1H3. The van der Waals surface area contributed by atoms with Crippen molar-refractivity contribution in [2.45, 2.75) is 11.0 Å². The largest absolute Gasteiger partial charge is 0.384 e. The minimum Gasteiger partial charge on any atom is -0.384 e. The van der Waals surface area contributed by atoms with Gasteiger partial charge in [0.1, 0.15) is 6.10 Å². The molecule has 108 valence electrons. The number of aliphatic hydroxyl groups is 1. The summed E-state index contributed by atoms with van der Waals surface area (Å²) in [6.07, 6.45) is 0.408. The maximum atomic E-state index is 11.5. The molecule has 3 nitrogen and oxygen atoms in total. The highest BCUT2D eigenvalue weighted by atomic mass is 32.2. The van der Waals surface area contributed by atoms with E-state index in [1.54, 1.807) is 23.5 Å². The number of fused-ring (bicyclic) bond motifs is 1. The van der Waals surface area contributed by atoms with Crippen molar-refractivity contribution in [1.29, 1.82) is 0 Å². The van der Waals surface area contributed by atoms with Crippen LogP contribution in [0.5, 0.6) is 0 Å². The summed E-state index contributed by atoms with van der Waals surface area (Å²) in [7, 11) is -3.22. The topological polar surface area (TPSA) is 54.4 Å². The second-order valence-electron chi connectivity index (χ2n) is 4.93. The maximum absolute atomic E-state index is 11.5. The first-order chi connectivity index (χ1) is 9.97. The van der Waals surface area contributed by atoms with Crippen molar-refractivity contribution in [3.05, 3.63) is 65.0 Å². The first-order valence-corrected chi connectivity index (χ1v) is 9.18. The van der Waals surface area contributed by atoms with Gasteiger partial charge in [-0.25, -0.2) is 8.42 Å². The molecular formula is C16H14O3S2. The lowest BCUT2D eigenvalue weighted by molar-refractivity contribution is 0.222. The average Bonchev–Trinajstić information content (AvgIpc) is 2.94. The molecule has 0 aliphatic heterocycles. The van der Waals surface area contributed by atoms with Crippen LogP contribution in [0.4, 0.5) is 0 Å². The van der Waals surface area contributed by atoms with Crippen molar-refractivity contribution in [1.82, 2.24) is 0 Å². The van der Waals surface area contributed by atoms with Crippen molar-refractivity contribution < 1.29 is 13.5 Å². The Hall–Kier alpha value is -1.69. The molecular weight excluding hydrogens is 304 g/mol. The third-order valence-corrected chi connectivity index (χ3v) is 5.54. The molecule has 2 aromatic carbocycles. The summed E-state index contributed by atoms with van der Waals surface area (Å²) < 4.78 is 24.0. The van der Waals surface area contributed by atoms with Crippen LogP contribution in [0, 0.1) is 0 Å². The number of aliphatic hydroxyl groups excluding tert-OH is 1. The summed E-state index contributed by atoms with van der Waals surface area (Å²) in [5, 5.41) is 13.7. The van der Waals surface area contributed by atoms with Gasteiger partial charge in [-0.3, -0.25) is 0 Å². The molecule has 1 N–H and O–H groups in total. The summed E-state index contributed by atoms with van der Waals surface area (Å²) >= 11 is 1.59. The molecule has 3 rings (SSSR count). The minimum atomic E-state index is -3.22. The average molecular weight is 318 g/mol. The molecule has 0 aliphatic carbocycles. The fourth-order valence-corrected chi connectivity index (χ4v) is 3.88. The van der Waals surface area contributed by atoms with Gasteiger partial charge in [-0.2, -0.15) is 0 Å². The van der Waals surface area contributed by atoms with Crippen molar-refractivity contribution in [3.63, 3.8) is 0 Å². The van der Waals surface area contributed by atoms with Gasteiger partial charge < -0.3 is 5.11 Å². The molecule has 5 heteroatoms. The van der Waals surface area contributed by atoms with E-state index >= 15 is 0 Å². The Morgan fingerprint density at radius 1 is 1.05 bits per heavy atom. The van der Waals surface area contributed by atoms with E-state index < -0.39 is 15.9 Å². The molecule has 0 radical (unpaired) electrons. The van der Waals surface area contributed by atoms with Crippen LogP contribution in [-0.2, 0) is 9.84 Å².